The molecule has 0 aliphatic heterocycles. The minimum absolute atomic E-state index is 0.108. The maximum atomic E-state index is 11.5. The Kier molecular flexibility index (Phi) is 5.45. The molecular formula is C15H18N6O2. The van der Waals surface area contributed by atoms with Crippen molar-refractivity contribution < 1.29 is 9.59 Å². The van der Waals surface area contributed by atoms with Crippen LogP contribution in [0.25, 0.3) is 0 Å². The van der Waals surface area contributed by atoms with Gasteiger partial charge in [0.2, 0.25) is 11.9 Å². The van der Waals surface area contributed by atoms with Crippen molar-refractivity contribution in [2.45, 2.75) is 6.92 Å². The lowest BCUT2D eigenvalue weighted by Crippen LogP contribution is -2.26. The van der Waals surface area contributed by atoms with Gasteiger partial charge in [-0.25, -0.2) is 4.98 Å². The number of nitrogens with one attached hydrogen (secondary N) is 3. The molecule has 0 spiro atoms. The molecule has 0 bridgehead atoms. The molecule has 0 fully saturated rings. The van der Waals surface area contributed by atoms with Crippen LogP contribution in [0.15, 0.2) is 36.5 Å². The highest BCUT2D eigenvalue weighted by Gasteiger charge is 2.12. The molecule has 0 saturated carbocycles. The van der Waals surface area contributed by atoms with Gasteiger partial charge in [-0.3, -0.25) is 9.59 Å². The van der Waals surface area contributed by atoms with E-state index in [0.717, 1.165) is 5.69 Å². The van der Waals surface area contributed by atoms with Gasteiger partial charge in [0.1, 0.15) is 11.4 Å². The van der Waals surface area contributed by atoms with Gasteiger partial charge in [0.15, 0.2) is 0 Å². The third-order valence-electron chi connectivity index (χ3n) is 2.87. The van der Waals surface area contributed by atoms with Crippen LogP contribution in [0.2, 0.25) is 0 Å². The van der Waals surface area contributed by atoms with Crippen LogP contribution >= 0.6 is 0 Å². The van der Waals surface area contributed by atoms with Gasteiger partial charge in [0.05, 0.1) is 0 Å². The van der Waals surface area contributed by atoms with Gasteiger partial charge in [0, 0.05) is 31.9 Å². The fourth-order valence-corrected chi connectivity index (χ4v) is 1.81. The summed E-state index contributed by atoms with van der Waals surface area (Å²) >= 11 is 0. The Morgan fingerprint density at radius 3 is 2.57 bits per heavy atom. The first-order valence-electron chi connectivity index (χ1n) is 7.03. The van der Waals surface area contributed by atoms with Gasteiger partial charge < -0.3 is 21.7 Å². The zero-order valence-electron chi connectivity index (χ0n) is 12.7. The van der Waals surface area contributed by atoms with E-state index in [-0.39, 0.29) is 11.5 Å². The SMILES string of the molecule is CC(=O)NCCNc1ncc(C(N)=O)c(Nc2ccccc2)n1. The number of hydrogen-bond acceptors (Lipinski definition) is 6. The molecule has 2 rings (SSSR count). The van der Waals surface area contributed by atoms with Crippen LogP contribution in [0, 0.1) is 0 Å². The lowest BCUT2D eigenvalue weighted by molar-refractivity contribution is -0.118. The molecule has 1 aromatic heterocycles. The zero-order valence-corrected chi connectivity index (χ0v) is 12.7. The molecule has 0 radical (unpaired) electrons. The molecule has 2 amide bonds. The van der Waals surface area contributed by atoms with E-state index in [9.17, 15) is 9.59 Å². The number of rotatable bonds is 7. The molecule has 120 valence electrons. The van der Waals surface area contributed by atoms with E-state index >= 15 is 0 Å². The molecule has 8 nitrogen and oxygen atoms in total. The lowest BCUT2D eigenvalue weighted by Gasteiger charge is -2.11. The summed E-state index contributed by atoms with van der Waals surface area (Å²) in [7, 11) is 0. The highest BCUT2D eigenvalue weighted by atomic mass is 16.1. The van der Waals surface area contributed by atoms with Gasteiger partial charge in [-0.05, 0) is 12.1 Å². The molecule has 0 unspecified atom stereocenters. The number of aromatic nitrogens is 2. The smallest absolute Gasteiger partial charge is 0.254 e. The molecule has 0 saturated heterocycles. The molecule has 0 aliphatic carbocycles. The van der Waals surface area contributed by atoms with Crippen LogP contribution in [0.1, 0.15) is 17.3 Å². The molecule has 0 aliphatic rings. The number of carbonyl (C=O) groups is 2. The molecule has 1 aromatic carbocycles. The quantitative estimate of drug-likeness (QED) is 0.562. The molecule has 8 heteroatoms. The fourth-order valence-electron chi connectivity index (χ4n) is 1.81. The second-order valence-corrected chi connectivity index (χ2v) is 4.72. The summed E-state index contributed by atoms with van der Waals surface area (Å²) < 4.78 is 0. The number of nitrogens with two attached hydrogens (primary N) is 1. The predicted molar refractivity (Wildman–Crippen MR) is 87.4 cm³/mol. The third-order valence-corrected chi connectivity index (χ3v) is 2.87. The van der Waals surface area contributed by atoms with Gasteiger partial charge in [-0.1, -0.05) is 18.2 Å². The number of nitrogens with zero attached hydrogens (tertiary/aromatic N) is 2. The molecule has 1 heterocycles. The minimum atomic E-state index is -0.617. The summed E-state index contributed by atoms with van der Waals surface area (Å²) in [5.74, 6) is -0.0732. The van der Waals surface area contributed by atoms with Gasteiger partial charge in [-0.15, -0.1) is 0 Å². The van der Waals surface area contributed by atoms with E-state index in [2.05, 4.69) is 25.9 Å². The largest absolute Gasteiger partial charge is 0.365 e. The monoisotopic (exact) mass is 314 g/mol. The highest BCUT2D eigenvalue weighted by molar-refractivity contribution is 5.98. The fraction of sp³-hybridized carbons (Fsp3) is 0.200. The second-order valence-electron chi connectivity index (χ2n) is 4.72. The molecule has 0 atom stereocenters. The Balaban J connectivity index is 2.12. The first-order chi connectivity index (χ1) is 11.1. The van der Waals surface area contributed by atoms with Crippen LogP contribution < -0.4 is 21.7 Å². The predicted octanol–water partition coefficient (Wildman–Crippen LogP) is 0.867. The average molecular weight is 314 g/mol. The van der Waals surface area contributed by atoms with Crippen molar-refractivity contribution in [2.75, 3.05) is 23.7 Å². The number of anilines is 3. The maximum Gasteiger partial charge on any atom is 0.254 e. The van der Waals surface area contributed by atoms with Gasteiger partial charge >= 0.3 is 0 Å². The van der Waals surface area contributed by atoms with E-state index in [1.807, 2.05) is 30.3 Å². The van der Waals surface area contributed by atoms with Crippen molar-refractivity contribution in [3.63, 3.8) is 0 Å². The van der Waals surface area contributed by atoms with Crippen LogP contribution in [0.5, 0.6) is 0 Å². The standard InChI is InChI=1S/C15H18N6O2/c1-10(22)17-7-8-18-15-19-9-12(13(16)23)14(21-15)20-11-5-3-2-4-6-11/h2-6,9H,7-8H2,1H3,(H2,16,23)(H,17,22)(H2,18,19,20,21). The number of hydrogen-bond donors (Lipinski definition) is 4. The molecular weight excluding hydrogens is 296 g/mol. The number of amides is 2. The Morgan fingerprint density at radius 2 is 1.91 bits per heavy atom. The number of benzene rings is 1. The zero-order chi connectivity index (χ0) is 16.7. The average Bonchev–Trinajstić information content (AvgIpc) is 2.52. The van der Waals surface area contributed by atoms with Crippen molar-refractivity contribution >= 4 is 29.3 Å². The molecule has 2 aromatic rings. The van der Waals surface area contributed by atoms with E-state index < -0.39 is 5.91 Å². The molecule has 23 heavy (non-hydrogen) atoms. The van der Waals surface area contributed by atoms with Crippen molar-refractivity contribution in [3.8, 4) is 0 Å². The number of carbonyl (C=O) groups excluding carboxylic acids is 2. The Bertz CT molecular complexity index is 690. The van der Waals surface area contributed by atoms with Crippen molar-refractivity contribution in [1.29, 1.82) is 0 Å². The first kappa shape index (κ1) is 16.2. The Hall–Kier alpha value is -3.16. The Labute approximate surface area is 133 Å². The summed E-state index contributed by atoms with van der Waals surface area (Å²) in [4.78, 5) is 30.6. The van der Waals surface area contributed by atoms with Crippen LogP contribution in [0.4, 0.5) is 17.5 Å². The third kappa shape index (κ3) is 4.95. The minimum Gasteiger partial charge on any atom is -0.365 e. The topological polar surface area (TPSA) is 122 Å². The van der Waals surface area contributed by atoms with Gasteiger partial charge in [0.25, 0.3) is 5.91 Å². The number of para-hydroxylation sites is 1. The van der Waals surface area contributed by atoms with Crippen molar-refractivity contribution in [2.24, 2.45) is 5.73 Å². The van der Waals surface area contributed by atoms with Crippen molar-refractivity contribution in [3.05, 3.63) is 42.1 Å². The lowest BCUT2D eigenvalue weighted by atomic mass is 10.2. The van der Waals surface area contributed by atoms with Crippen LogP contribution in [0.3, 0.4) is 0 Å². The van der Waals surface area contributed by atoms with Crippen LogP contribution in [-0.4, -0.2) is 34.9 Å². The summed E-state index contributed by atoms with van der Waals surface area (Å²) in [6, 6.07) is 9.29. The Morgan fingerprint density at radius 1 is 1.17 bits per heavy atom. The summed E-state index contributed by atoms with van der Waals surface area (Å²) in [5, 5.41) is 8.66. The summed E-state index contributed by atoms with van der Waals surface area (Å²) in [6.45, 7) is 2.35. The van der Waals surface area contributed by atoms with E-state index in [0.29, 0.717) is 24.9 Å². The van der Waals surface area contributed by atoms with Gasteiger partial charge in [-0.2, -0.15) is 4.98 Å². The van der Waals surface area contributed by atoms with E-state index in [1.54, 1.807) is 0 Å². The first-order valence-corrected chi connectivity index (χ1v) is 7.03. The van der Waals surface area contributed by atoms with E-state index in [1.165, 1.54) is 13.1 Å². The molecule has 5 N–H and O–H groups in total. The summed E-state index contributed by atoms with van der Waals surface area (Å²) in [6.07, 6.45) is 1.36. The summed E-state index contributed by atoms with van der Waals surface area (Å²) in [5.41, 5.74) is 6.32. The number of primary amides is 1. The van der Waals surface area contributed by atoms with E-state index in [4.69, 9.17) is 5.73 Å². The van der Waals surface area contributed by atoms with Crippen molar-refractivity contribution in [1.82, 2.24) is 15.3 Å². The highest BCUT2D eigenvalue weighted by Crippen LogP contribution is 2.19. The second kappa shape index (κ2) is 7.74. The van der Waals surface area contributed by atoms with Crippen LogP contribution in [-0.2, 0) is 4.79 Å². The maximum absolute atomic E-state index is 11.5. The normalized spacial score (nSPS) is 9.96.